The van der Waals surface area contributed by atoms with Crippen LogP contribution in [0, 0.1) is 0 Å². The first kappa shape index (κ1) is 22.4. The fraction of sp³-hybridized carbons (Fsp3) is 0.167. The van der Waals surface area contributed by atoms with Gasteiger partial charge in [-0.15, -0.1) is 0 Å². The highest BCUT2D eigenvalue weighted by molar-refractivity contribution is 6.30. The lowest BCUT2D eigenvalue weighted by atomic mass is 9.86. The molecule has 0 aliphatic carbocycles. The van der Waals surface area contributed by atoms with Crippen molar-refractivity contribution in [2.45, 2.75) is 32.0 Å². The van der Waals surface area contributed by atoms with Crippen LogP contribution in [0.3, 0.4) is 0 Å². The van der Waals surface area contributed by atoms with Crippen LogP contribution in [0.2, 0.25) is 5.02 Å². The first-order valence-electron chi connectivity index (χ1n) is 11.4. The molecule has 1 aliphatic rings. The van der Waals surface area contributed by atoms with Crippen molar-refractivity contribution in [2.24, 2.45) is 0 Å². The smallest absolute Gasteiger partial charge is 0.341 e. The third-order valence-corrected chi connectivity index (χ3v) is 6.76. The maximum atomic E-state index is 13.2. The Morgan fingerprint density at radius 3 is 2.26 bits per heavy atom. The molecule has 1 N–H and O–H groups in total. The standard InChI is InChI=1S/C30H25ClO3/c1-19(2)20-10-12-22(13-11-20)28-27(18-23-8-5-7-21-6-3-4-9-26(21)23)30(33,34-29(28)32)24-14-16-25(31)17-15-24/h3-17,19,33H,18H2,1-2H3. The van der Waals surface area contributed by atoms with E-state index in [0.29, 0.717) is 34.1 Å². The Labute approximate surface area is 204 Å². The van der Waals surface area contributed by atoms with E-state index >= 15 is 0 Å². The molecule has 4 heteroatoms. The quantitative estimate of drug-likeness (QED) is 0.320. The molecule has 1 atom stereocenters. The number of carbonyl (C=O) groups excluding carboxylic acids is 1. The second-order valence-electron chi connectivity index (χ2n) is 8.99. The van der Waals surface area contributed by atoms with Crippen LogP contribution >= 0.6 is 11.6 Å². The Bertz CT molecular complexity index is 1400. The van der Waals surface area contributed by atoms with Gasteiger partial charge in [-0.25, -0.2) is 4.79 Å². The molecule has 34 heavy (non-hydrogen) atoms. The monoisotopic (exact) mass is 468 g/mol. The maximum Gasteiger partial charge on any atom is 0.341 e. The summed E-state index contributed by atoms with van der Waals surface area (Å²) in [5.41, 5.74) is 4.31. The molecule has 1 aliphatic heterocycles. The van der Waals surface area contributed by atoms with Gasteiger partial charge in [-0.05, 0) is 45.5 Å². The molecule has 1 heterocycles. The average Bonchev–Trinajstić information content (AvgIpc) is 3.09. The minimum Gasteiger partial charge on any atom is -0.421 e. The fourth-order valence-electron chi connectivity index (χ4n) is 4.62. The van der Waals surface area contributed by atoms with Crippen LogP contribution < -0.4 is 0 Å². The van der Waals surface area contributed by atoms with Crippen LogP contribution in [0.1, 0.15) is 42.0 Å². The van der Waals surface area contributed by atoms with E-state index < -0.39 is 11.8 Å². The zero-order valence-corrected chi connectivity index (χ0v) is 19.8. The lowest BCUT2D eigenvalue weighted by Crippen LogP contribution is -2.29. The molecule has 4 aromatic rings. The predicted molar refractivity (Wildman–Crippen MR) is 137 cm³/mol. The molecule has 0 aromatic heterocycles. The number of hydrogen-bond donors (Lipinski definition) is 1. The number of rotatable bonds is 5. The summed E-state index contributed by atoms with van der Waals surface area (Å²) < 4.78 is 5.72. The highest BCUT2D eigenvalue weighted by Gasteiger charge is 2.48. The second kappa shape index (κ2) is 8.75. The minimum atomic E-state index is -1.88. The van der Waals surface area contributed by atoms with Gasteiger partial charge in [-0.2, -0.15) is 0 Å². The summed E-state index contributed by atoms with van der Waals surface area (Å²) in [5, 5.41) is 14.6. The lowest BCUT2D eigenvalue weighted by molar-refractivity contribution is -0.185. The number of fused-ring (bicyclic) bond motifs is 1. The van der Waals surface area contributed by atoms with Gasteiger partial charge in [0.1, 0.15) is 0 Å². The first-order chi connectivity index (χ1) is 16.4. The Kier molecular flexibility index (Phi) is 5.76. The van der Waals surface area contributed by atoms with E-state index in [1.807, 2.05) is 48.5 Å². The first-order valence-corrected chi connectivity index (χ1v) is 11.8. The normalized spacial score (nSPS) is 18.1. The topological polar surface area (TPSA) is 46.5 Å². The number of esters is 1. The van der Waals surface area contributed by atoms with Crippen LogP contribution in [-0.2, 0) is 21.7 Å². The molecule has 0 radical (unpaired) electrons. The molecule has 5 rings (SSSR count). The Morgan fingerprint density at radius 2 is 1.56 bits per heavy atom. The van der Waals surface area contributed by atoms with Gasteiger partial charge in [0.15, 0.2) is 0 Å². The highest BCUT2D eigenvalue weighted by Crippen LogP contribution is 2.45. The molecule has 0 amide bonds. The average molecular weight is 469 g/mol. The molecular weight excluding hydrogens is 444 g/mol. The second-order valence-corrected chi connectivity index (χ2v) is 9.42. The van der Waals surface area contributed by atoms with E-state index in [2.05, 4.69) is 32.0 Å². The maximum absolute atomic E-state index is 13.2. The lowest BCUT2D eigenvalue weighted by Gasteiger charge is -2.26. The summed E-state index contributed by atoms with van der Waals surface area (Å²) in [5.74, 6) is -2.05. The Balaban J connectivity index is 1.71. The van der Waals surface area contributed by atoms with E-state index in [-0.39, 0.29) is 0 Å². The highest BCUT2D eigenvalue weighted by atomic mass is 35.5. The summed E-state index contributed by atoms with van der Waals surface area (Å²) in [4.78, 5) is 13.2. The van der Waals surface area contributed by atoms with Crippen LogP contribution in [0.15, 0.2) is 96.6 Å². The molecule has 0 saturated carbocycles. The Morgan fingerprint density at radius 1 is 0.882 bits per heavy atom. The van der Waals surface area contributed by atoms with Crippen molar-refractivity contribution >= 4 is 33.9 Å². The summed E-state index contributed by atoms with van der Waals surface area (Å²) in [6, 6.07) is 28.9. The molecule has 0 saturated heterocycles. The van der Waals surface area contributed by atoms with Crippen molar-refractivity contribution in [1.82, 2.24) is 0 Å². The molecule has 0 spiro atoms. The van der Waals surface area contributed by atoms with Crippen molar-refractivity contribution in [3.05, 3.63) is 124 Å². The molecule has 1 unspecified atom stereocenters. The van der Waals surface area contributed by atoms with Crippen molar-refractivity contribution in [2.75, 3.05) is 0 Å². The summed E-state index contributed by atoms with van der Waals surface area (Å²) in [6.45, 7) is 4.26. The fourth-order valence-corrected chi connectivity index (χ4v) is 4.75. The molecule has 0 fully saturated rings. The molecule has 0 bridgehead atoms. The van der Waals surface area contributed by atoms with Gasteiger partial charge < -0.3 is 9.84 Å². The van der Waals surface area contributed by atoms with Gasteiger partial charge in [0.25, 0.3) is 5.79 Å². The van der Waals surface area contributed by atoms with E-state index in [9.17, 15) is 9.90 Å². The van der Waals surface area contributed by atoms with Gasteiger partial charge >= 0.3 is 5.97 Å². The van der Waals surface area contributed by atoms with Gasteiger partial charge in [0, 0.05) is 22.6 Å². The number of aliphatic hydroxyl groups is 1. The number of halogens is 1. The van der Waals surface area contributed by atoms with Gasteiger partial charge in [0.05, 0.1) is 5.57 Å². The number of hydrogen-bond acceptors (Lipinski definition) is 3. The minimum absolute atomic E-state index is 0.355. The number of ether oxygens (including phenoxy) is 1. The van der Waals surface area contributed by atoms with E-state index in [1.54, 1.807) is 24.3 Å². The third-order valence-electron chi connectivity index (χ3n) is 6.50. The van der Waals surface area contributed by atoms with Crippen molar-refractivity contribution < 1.29 is 14.6 Å². The predicted octanol–water partition coefficient (Wildman–Crippen LogP) is 7.02. The summed E-state index contributed by atoms with van der Waals surface area (Å²) in [6.07, 6.45) is 0.355. The zero-order valence-electron chi connectivity index (χ0n) is 19.1. The third kappa shape index (κ3) is 3.91. The largest absolute Gasteiger partial charge is 0.421 e. The number of cyclic esters (lactones) is 1. The van der Waals surface area contributed by atoms with E-state index in [1.165, 1.54) is 5.56 Å². The van der Waals surface area contributed by atoms with Gasteiger partial charge in [0.2, 0.25) is 0 Å². The van der Waals surface area contributed by atoms with Gasteiger partial charge in [-0.1, -0.05) is 104 Å². The van der Waals surface area contributed by atoms with E-state index in [4.69, 9.17) is 16.3 Å². The summed E-state index contributed by atoms with van der Waals surface area (Å²) >= 11 is 6.09. The van der Waals surface area contributed by atoms with Crippen LogP contribution in [-0.4, -0.2) is 11.1 Å². The van der Waals surface area contributed by atoms with Gasteiger partial charge in [-0.3, -0.25) is 0 Å². The number of benzene rings is 4. The van der Waals surface area contributed by atoms with Crippen LogP contribution in [0.4, 0.5) is 0 Å². The van der Waals surface area contributed by atoms with Crippen LogP contribution in [0.5, 0.6) is 0 Å². The van der Waals surface area contributed by atoms with Crippen molar-refractivity contribution in [1.29, 1.82) is 0 Å². The zero-order chi connectivity index (χ0) is 23.9. The molecule has 4 aromatic carbocycles. The van der Waals surface area contributed by atoms with Crippen LogP contribution in [0.25, 0.3) is 16.3 Å². The molecule has 3 nitrogen and oxygen atoms in total. The number of carbonyl (C=O) groups is 1. The van der Waals surface area contributed by atoms with Crippen molar-refractivity contribution in [3.8, 4) is 0 Å². The molecular formula is C30H25ClO3. The SMILES string of the molecule is CC(C)c1ccc(C2=C(Cc3cccc4ccccc34)C(O)(c3ccc(Cl)cc3)OC2=O)cc1. The molecule has 170 valence electrons. The van der Waals surface area contributed by atoms with E-state index in [0.717, 1.165) is 21.9 Å². The van der Waals surface area contributed by atoms with Crippen molar-refractivity contribution in [3.63, 3.8) is 0 Å². The Hall–Kier alpha value is -3.40. The summed E-state index contributed by atoms with van der Waals surface area (Å²) in [7, 11) is 0.